The first-order valence-electron chi connectivity index (χ1n) is 4.44. The molecule has 0 aromatic carbocycles. The van der Waals surface area contributed by atoms with Crippen molar-refractivity contribution in [2.75, 3.05) is 0 Å². The summed E-state index contributed by atoms with van der Waals surface area (Å²) in [6.07, 6.45) is 6.06. The predicted octanol–water partition coefficient (Wildman–Crippen LogP) is 2.67. The Morgan fingerprint density at radius 3 is 2.36 bits per heavy atom. The van der Waals surface area contributed by atoms with E-state index >= 15 is 0 Å². The summed E-state index contributed by atoms with van der Waals surface area (Å²) in [4.78, 5) is 0. The molecule has 0 atom stereocenters. The van der Waals surface area contributed by atoms with Crippen LogP contribution in [-0.2, 0) is 20.3 Å². The maximum atomic E-state index is 2.53. The molecule has 0 bridgehead atoms. The molecule has 0 unspecified atom stereocenters. The molecule has 0 nitrogen and oxygen atoms in total. The van der Waals surface area contributed by atoms with Crippen LogP contribution in [0.5, 0.6) is 0 Å². The van der Waals surface area contributed by atoms with E-state index in [1.165, 1.54) is 6.42 Å². The second-order valence-electron chi connectivity index (χ2n) is 4.21. The van der Waals surface area contributed by atoms with Gasteiger partial charge in [0.25, 0.3) is 0 Å². The van der Waals surface area contributed by atoms with E-state index in [2.05, 4.69) is 32.6 Å². The van der Waals surface area contributed by atoms with E-state index < -0.39 is 20.3 Å². The molecule has 0 aliphatic heterocycles. The van der Waals surface area contributed by atoms with Gasteiger partial charge in [-0.1, -0.05) is 0 Å². The Morgan fingerprint density at radius 1 is 1.36 bits per heavy atom. The molecule has 1 rings (SSSR count). The zero-order chi connectivity index (χ0) is 8.48. The van der Waals surface area contributed by atoms with Gasteiger partial charge in [-0.05, 0) is 0 Å². The molecular weight excluding hydrogens is 227 g/mol. The van der Waals surface area contributed by atoms with Crippen molar-refractivity contribution >= 4 is 9.52 Å². The van der Waals surface area contributed by atoms with Crippen LogP contribution in [0.1, 0.15) is 6.42 Å². The van der Waals surface area contributed by atoms with Gasteiger partial charge in [-0.15, -0.1) is 0 Å². The average molecular weight is 246 g/mol. The van der Waals surface area contributed by atoms with Gasteiger partial charge in [0, 0.05) is 0 Å². The molecule has 11 heavy (non-hydrogen) atoms. The SMILES string of the molecule is C[SiH2]C1=[C]([Zr]([CH3])([CH3])[CH3])CC=C1. The Labute approximate surface area is 77.0 Å². The molecule has 0 saturated heterocycles. The molecule has 0 spiro atoms. The van der Waals surface area contributed by atoms with Crippen LogP contribution < -0.4 is 0 Å². The van der Waals surface area contributed by atoms with Gasteiger partial charge in [-0.2, -0.15) is 0 Å². The molecule has 1 aliphatic rings. The van der Waals surface area contributed by atoms with Crippen LogP contribution in [0.3, 0.4) is 0 Å². The van der Waals surface area contributed by atoms with E-state index in [-0.39, 0.29) is 9.52 Å². The van der Waals surface area contributed by atoms with Crippen LogP contribution >= 0.6 is 0 Å². The third-order valence-electron chi connectivity index (χ3n) is 2.31. The number of hydrogen-bond acceptors (Lipinski definition) is 0. The van der Waals surface area contributed by atoms with Crippen molar-refractivity contribution in [2.45, 2.75) is 26.9 Å². The molecule has 0 heterocycles. The topological polar surface area (TPSA) is 0 Å². The zero-order valence-corrected chi connectivity index (χ0v) is 11.9. The fourth-order valence-electron chi connectivity index (χ4n) is 1.67. The van der Waals surface area contributed by atoms with Gasteiger partial charge in [-0.25, -0.2) is 0 Å². The van der Waals surface area contributed by atoms with E-state index in [1.807, 2.05) is 3.28 Å². The monoisotopic (exact) mass is 244 g/mol. The minimum absolute atomic E-state index is 0.109. The van der Waals surface area contributed by atoms with E-state index in [9.17, 15) is 0 Å². The van der Waals surface area contributed by atoms with Gasteiger partial charge in [0.2, 0.25) is 0 Å². The van der Waals surface area contributed by atoms with E-state index in [1.54, 1.807) is 5.20 Å². The molecule has 0 fully saturated rings. The van der Waals surface area contributed by atoms with Crippen LogP contribution in [-0.4, -0.2) is 9.52 Å². The third kappa shape index (κ3) is 2.26. The number of rotatable bonds is 2. The Bertz CT molecular complexity index is 208. The minimum atomic E-state index is -1.65. The van der Waals surface area contributed by atoms with Crippen molar-refractivity contribution in [1.82, 2.24) is 0 Å². The number of allylic oxidation sites excluding steroid dienone is 4. The fourth-order valence-corrected chi connectivity index (χ4v) is 11.5. The molecule has 0 saturated carbocycles. The van der Waals surface area contributed by atoms with Crippen LogP contribution in [0.15, 0.2) is 20.6 Å². The summed E-state index contributed by atoms with van der Waals surface area (Å²) >= 11 is -1.65. The molecule has 0 aromatic rings. The summed E-state index contributed by atoms with van der Waals surface area (Å²) in [5, 5.41) is 1.79. The fraction of sp³-hybridized carbons (Fsp3) is 0.556. The summed E-state index contributed by atoms with van der Waals surface area (Å²) in [7, 11) is 0.109. The van der Waals surface area contributed by atoms with Gasteiger partial charge >= 0.3 is 77.3 Å². The van der Waals surface area contributed by atoms with E-state index in [0.29, 0.717) is 0 Å². The quantitative estimate of drug-likeness (QED) is 0.656. The first-order valence-corrected chi connectivity index (χ1v) is 15.2. The molecule has 0 radical (unpaired) electrons. The van der Waals surface area contributed by atoms with E-state index in [0.717, 1.165) is 0 Å². The maximum absolute atomic E-state index is 2.53. The molecule has 0 amide bonds. The molecule has 62 valence electrons. The van der Waals surface area contributed by atoms with Crippen molar-refractivity contribution < 1.29 is 20.3 Å². The zero-order valence-electron chi connectivity index (χ0n) is 8.07. The average Bonchev–Trinajstić information content (AvgIpc) is 2.31. The van der Waals surface area contributed by atoms with Gasteiger partial charge in [0.1, 0.15) is 0 Å². The molecule has 1 aliphatic carbocycles. The van der Waals surface area contributed by atoms with Crippen molar-refractivity contribution in [2.24, 2.45) is 0 Å². The van der Waals surface area contributed by atoms with Gasteiger partial charge in [0.05, 0.1) is 0 Å². The first-order chi connectivity index (χ1) is 5.05. The second-order valence-corrected chi connectivity index (χ2v) is 18.2. The Kier molecular flexibility index (Phi) is 3.10. The van der Waals surface area contributed by atoms with Crippen molar-refractivity contribution in [1.29, 1.82) is 0 Å². The first kappa shape index (κ1) is 9.67. The standard InChI is InChI=1S/C6H9Si.3CH3.Zr/c1-7-6-4-2-3-5-6;;;;/h2,4H,3,7H2,1H3;3*1H3;. The molecule has 2 heteroatoms. The van der Waals surface area contributed by atoms with Crippen LogP contribution in [0.2, 0.25) is 20.4 Å². The molecule has 0 aromatic heterocycles. The third-order valence-corrected chi connectivity index (χ3v) is 10.3. The van der Waals surface area contributed by atoms with Crippen LogP contribution in [0.4, 0.5) is 0 Å². The van der Waals surface area contributed by atoms with Gasteiger partial charge in [-0.3, -0.25) is 0 Å². The van der Waals surface area contributed by atoms with Crippen molar-refractivity contribution in [3.05, 3.63) is 20.6 Å². The molecule has 0 N–H and O–H groups in total. The Morgan fingerprint density at radius 2 is 2.00 bits per heavy atom. The molecular formula is C9H18SiZr. The summed E-state index contributed by atoms with van der Waals surface area (Å²) in [6, 6.07) is 0. The second kappa shape index (κ2) is 3.53. The Hall–Kier alpha value is 0.580. The summed E-state index contributed by atoms with van der Waals surface area (Å²) in [5.41, 5.74) is 0. The van der Waals surface area contributed by atoms with Crippen LogP contribution in [0.25, 0.3) is 0 Å². The Balaban J connectivity index is 2.88. The number of hydrogen-bond donors (Lipinski definition) is 0. The summed E-state index contributed by atoms with van der Waals surface area (Å²) in [5.74, 6) is 0. The van der Waals surface area contributed by atoms with Crippen LogP contribution in [0, 0.1) is 0 Å². The summed E-state index contributed by atoms with van der Waals surface area (Å²) < 4.78 is 9.48. The van der Waals surface area contributed by atoms with Gasteiger partial charge < -0.3 is 0 Å². The van der Waals surface area contributed by atoms with E-state index in [4.69, 9.17) is 0 Å². The predicted molar refractivity (Wildman–Crippen MR) is 52.8 cm³/mol. The van der Waals surface area contributed by atoms with Crippen molar-refractivity contribution in [3.8, 4) is 0 Å². The summed E-state index contributed by atoms with van der Waals surface area (Å²) in [6.45, 7) is 2.41. The van der Waals surface area contributed by atoms with Gasteiger partial charge in [0.15, 0.2) is 0 Å². The normalized spacial score (nSPS) is 19.3. The van der Waals surface area contributed by atoms with Crippen molar-refractivity contribution in [3.63, 3.8) is 0 Å².